The van der Waals surface area contributed by atoms with Crippen LogP contribution < -0.4 is 4.90 Å². The van der Waals surface area contributed by atoms with Crippen LogP contribution in [0.5, 0.6) is 0 Å². The zero-order valence-corrected chi connectivity index (χ0v) is 14.8. The van der Waals surface area contributed by atoms with Crippen LogP contribution in [-0.4, -0.2) is 65.2 Å². The molecule has 1 amide bonds. The minimum Gasteiger partial charge on any atom is -0.378 e. The third-order valence-electron chi connectivity index (χ3n) is 4.87. The van der Waals surface area contributed by atoms with Gasteiger partial charge in [0.15, 0.2) is 5.65 Å². The van der Waals surface area contributed by atoms with Crippen molar-refractivity contribution < 1.29 is 9.53 Å². The van der Waals surface area contributed by atoms with E-state index < -0.39 is 0 Å². The number of amides is 1. The van der Waals surface area contributed by atoms with Crippen LogP contribution in [0, 0.1) is 13.8 Å². The Bertz CT molecular complexity index is 811. The van der Waals surface area contributed by atoms with Gasteiger partial charge in [0.05, 0.1) is 18.6 Å². The molecular formula is C18H23N5O2. The number of aromatic nitrogens is 3. The Hall–Kier alpha value is -2.28. The summed E-state index contributed by atoms with van der Waals surface area (Å²) in [7, 11) is 0. The van der Waals surface area contributed by atoms with Gasteiger partial charge in [0, 0.05) is 31.9 Å². The van der Waals surface area contributed by atoms with Crippen molar-refractivity contribution in [3.63, 3.8) is 0 Å². The van der Waals surface area contributed by atoms with Gasteiger partial charge in [0.25, 0.3) is 5.91 Å². The highest BCUT2D eigenvalue weighted by Gasteiger charge is 2.26. The van der Waals surface area contributed by atoms with Crippen molar-refractivity contribution >= 4 is 22.8 Å². The van der Waals surface area contributed by atoms with Crippen LogP contribution in [0.1, 0.15) is 34.7 Å². The van der Waals surface area contributed by atoms with E-state index in [1.54, 1.807) is 4.90 Å². The van der Waals surface area contributed by atoms with E-state index >= 15 is 0 Å². The fourth-order valence-corrected chi connectivity index (χ4v) is 3.62. The maximum atomic E-state index is 12.9. The number of fused-ring (bicyclic) bond motifs is 1. The Balaban J connectivity index is 1.83. The second-order valence-corrected chi connectivity index (χ2v) is 6.75. The van der Waals surface area contributed by atoms with E-state index in [1.165, 1.54) is 0 Å². The Labute approximate surface area is 147 Å². The van der Waals surface area contributed by atoms with Gasteiger partial charge >= 0.3 is 0 Å². The molecule has 2 fully saturated rings. The highest BCUT2D eigenvalue weighted by atomic mass is 16.5. The molecule has 4 rings (SSSR count). The summed E-state index contributed by atoms with van der Waals surface area (Å²) in [4.78, 5) is 30.7. The Kier molecular flexibility index (Phi) is 4.25. The standard InChI is InChI=1S/C18H23N5O2/c1-12-11-13(2)19-15-14(12)17(22-5-3-4-6-22)21-16(20-15)18(24)23-7-9-25-10-8-23/h11H,3-10H2,1-2H3. The molecule has 0 aromatic carbocycles. The van der Waals surface area contributed by atoms with Crippen molar-refractivity contribution in [3.8, 4) is 0 Å². The maximum Gasteiger partial charge on any atom is 0.291 e. The van der Waals surface area contributed by atoms with Gasteiger partial charge in [0.1, 0.15) is 5.82 Å². The first-order chi connectivity index (χ1) is 12.1. The van der Waals surface area contributed by atoms with Crippen LogP contribution in [0.15, 0.2) is 6.07 Å². The molecule has 0 aliphatic carbocycles. The van der Waals surface area contributed by atoms with Gasteiger partial charge in [-0.2, -0.15) is 0 Å². The van der Waals surface area contributed by atoms with Gasteiger partial charge in [-0.15, -0.1) is 0 Å². The highest BCUT2D eigenvalue weighted by Crippen LogP contribution is 2.29. The highest BCUT2D eigenvalue weighted by molar-refractivity contribution is 5.97. The normalized spacial score (nSPS) is 18.2. The van der Waals surface area contributed by atoms with Crippen LogP contribution in [0.3, 0.4) is 0 Å². The summed E-state index contributed by atoms with van der Waals surface area (Å²) >= 11 is 0. The van der Waals surface area contributed by atoms with Crippen molar-refractivity contribution in [2.24, 2.45) is 0 Å². The molecule has 0 atom stereocenters. The van der Waals surface area contributed by atoms with Gasteiger partial charge in [-0.3, -0.25) is 4.79 Å². The van der Waals surface area contributed by atoms with E-state index in [4.69, 9.17) is 9.72 Å². The van der Waals surface area contributed by atoms with E-state index in [1.807, 2.05) is 6.92 Å². The molecule has 2 saturated heterocycles. The van der Waals surface area contributed by atoms with Gasteiger partial charge in [0.2, 0.25) is 5.82 Å². The molecule has 0 saturated carbocycles. The lowest BCUT2D eigenvalue weighted by Crippen LogP contribution is -2.41. The summed E-state index contributed by atoms with van der Waals surface area (Å²) in [6.07, 6.45) is 2.30. The predicted molar refractivity (Wildman–Crippen MR) is 95.0 cm³/mol. The largest absolute Gasteiger partial charge is 0.378 e. The number of nitrogens with zero attached hydrogens (tertiary/aromatic N) is 5. The van der Waals surface area contributed by atoms with Crippen LogP contribution in [0.25, 0.3) is 11.0 Å². The zero-order chi connectivity index (χ0) is 17.4. The van der Waals surface area contributed by atoms with E-state index in [0.717, 1.165) is 48.4 Å². The van der Waals surface area contributed by atoms with E-state index in [0.29, 0.717) is 32.0 Å². The third kappa shape index (κ3) is 3.04. The average molecular weight is 341 g/mol. The minimum absolute atomic E-state index is 0.133. The molecule has 132 valence electrons. The van der Waals surface area contributed by atoms with Crippen molar-refractivity contribution in [1.29, 1.82) is 0 Å². The molecule has 2 aliphatic heterocycles. The van der Waals surface area contributed by atoms with E-state index in [2.05, 4.69) is 27.9 Å². The number of carbonyl (C=O) groups is 1. The smallest absolute Gasteiger partial charge is 0.291 e. The van der Waals surface area contributed by atoms with Gasteiger partial charge in [-0.1, -0.05) is 0 Å². The van der Waals surface area contributed by atoms with Gasteiger partial charge in [-0.25, -0.2) is 15.0 Å². The molecule has 2 aliphatic rings. The van der Waals surface area contributed by atoms with Crippen LogP contribution in [0.2, 0.25) is 0 Å². The number of aryl methyl sites for hydroxylation is 2. The Morgan fingerprint density at radius 2 is 1.76 bits per heavy atom. The summed E-state index contributed by atoms with van der Waals surface area (Å²) < 4.78 is 5.34. The first-order valence-corrected chi connectivity index (χ1v) is 8.91. The molecule has 0 unspecified atom stereocenters. The monoisotopic (exact) mass is 341 g/mol. The summed E-state index contributed by atoms with van der Waals surface area (Å²) in [5.74, 6) is 0.963. The lowest BCUT2D eigenvalue weighted by molar-refractivity contribution is 0.0295. The fourth-order valence-electron chi connectivity index (χ4n) is 3.62. The first kappa shape index (κ1) is 16.2. The molecule has 0 radical (unpaired) electrons. The van der Waals surface area contributed by atoms with Crippen molar-refractivity contribution in [3.05, 3.63) is 23.1 Å². The fraction of sp³-hybridized carbons (Fsp3) is 0.556. The number of morpholine rings is 1. The lowest BCUT2D eigenvalue weighted by Gasteiger charge is -2.27. The molecule has 4 heterocycles. The van der Waals surface area contributed by atoms with Crippen molar-refractivity contribution in [2.45, 2.75) is 26.7 Å². The SMILES string of the molecule is Cc1cc(C)c2c(N3CCCC3)nc(C(=O)N3CCOCC3)nc2n1. The van der Waals surface area contributed by atoms with E-state index in [-0.39, 0.29) is 11.7 Å². The summed E-state index contributed by atoms with van der Waals surface area (Å²) in [6.45, 7) is 8.23. The second-order valence-electron chi connectivity index (χ2n) is 6.75. The summed E-state index contributed by atoms with van der Waals surface area (Å²) in [6, 6.07) is 2.05. The topological polar surface area (TPSA) is 71.5 Å². The number of pyridine rings is 1. The third-order valence-corrected chi connectivity index (χ3v) is 4.87. The molecule has 0 spiro atoms. The predicted octanol–water partition coefficient (Wildman–Crippen LogP) is 1.71. The molecule has 0 bridgehead atoms. The number of rotatable bonds is 2. The molecule has 0 N–H and O–H groups in total. The average Bonchev–Trinajstić information content (AvgIpc) is 3.15. The number of ether oxygens (including phenoxy) is 1. The lowest BCUT2D eigenvalue weighted by atomic mass is 10.1. The first-order valence-electron chi connectivity index (χ1n) is 8.91. The molecular weight excluding hydrogens is 318 g/mol. The molecule has 2 aromatic rings. The molecule has 7 nitrogen and oxygen atoms in total. The zero-order valence-electron chi connectivity index (χ0n) is 14.8. The quantitative estimate of drug-likeness (QED) is 0.828. The molecule has 2 aromatic heterocycles. The number of hydrogen-bond acceptors (Lipinski definition) is 6. The van der Waals surface area contributed by atoms with E-state index in [9.17, 15) is 4.79 Å². The number of anilines is 1. The van der Waals surface area contributed by atoms with Crippen LogP contribution in [0.4, 0.5) is 5.82 Å². The van der Waals surface area contributed by atoms with Gasteiger partial charge < -0.3 is 14.5 Å². The van der Waals surface area contributed by atoms with Crippen LogP contribution >= 0.6 is 0 Å². The second kappa shape index (κ2) is 6.55. The Morgan fingerprint density at radius 1 is 1.04 bits per heavy atom. The Morgan fingerprint density at radius 3 is 2.48 bits per heavy atom. The number of carbonyl (C=O) groups excluding carboxylic acids is 1. The number of hydrogen-bond donors (Lipinski definition) is 0. The molecule has 25 heavy (non-hydrogen) atoms. The maximum absolute atomic E-state index is 12.9. The van der Waals surface area contributed by atoms with Crippen LogP contribution in [-0.2, 0) is 4.74 Å². The van der Waals surface area contributed by atoms with Crippen molar-refractivity contribution in [2.75, 3.05) is 44.3 Å². The summed E-state index contributed by atoms with van der Waals surface area (Å²) in [5, 5.41) is 0.964. The minimum atomic E-state index is -0.133. The van der Waals surface area contributed by atoms with Crippen molar-refractivity contribution in [1.82, 2.24) is 19.9 Å². The van der Waals surface area contributed by atoms with Gasteiger partial charge in [-0.05, 0) is 38.3 Å². The summed E-state index contributed by atoms with van der Waals surface area (Å²) in [5.41, 5.74) is 2.63. The molecule has 7 heteroatoms.